The lowest BCUT2D eigenvalue weighted by atomic mass is 10.2. The second kappa shape index (κ2) is 5.94. The van der Waals surface area contributed by atoms with Gasteiger partial charge in [0.25, 0.3) is 5.91 Å². The molecule has 1 aliphatic rings. The smallest absolute Gasteiger partial charge is 0.309 e. The van der Waals surface area contributed by atoms with E-state index in [0.717, 1.165) is 6.42 Å². The Labute approximate surface area is 118 Å². The second-order valence-corrected chi connectivity index (χ2v) is 5.12. The number of rotatable bonds is 5. The standard InChI is InChI=1S/C15H19NO4/c1-9-8-13(9)15(18)20-10(2)14(17)16-11-4-6-12(19-3)7-5-11/h4-7,9-10,13H,8H2,1-3H3,(H,16,17)/t9-,10-,13-/m0/s1. The molecule has 1 fully saturated rings. The van der Waals surface area contributed by atoms with Crippen LogP contribution in [-0.2, 0) is 14.3 Å². The molecule has 3 atom stereocenters. The van der Waals surface area contributed by atoms with E-state index >= 15 is 0 Å². The number of esters is 1. The largest absolute Gasteiger partial charge is 0.497 e. The van der Waals surface area contributed by atoms with Crippen molar-refractivity contribution >= 4 is 17.6 Å². The second-order valence-electron chi connectivity index (χ2n) is 5.12. The summed E-state index contributed by atoms with van der Waals surface area (Å²) >= 11 is 0. The molecule has 108 valence electrons. The summed E-state index contributed by atoms with van der Waals surface area (Å²) in [5.41, 5.74) is 0.637. The number of carbonyl (C=O) groups is 2. The predicted molar refractivity (Wildman–Crippen MR) is 74.4 cm³/mol. The minimum Gasteiger partial charge on any atom is -0.497 e. The highest BCUT2D eigenvalue weighted by atomic mass is 16.5. The maximum absolute atomic E-state index is 11.9. The topological polar surface area (TPSA) is 64.6 Å². The van der Waals surface area contributed by atoms with Gasteiger partial charge < -0.3 is 14.8 Å². The third-order valence-corrected chi connectivity index (χ3v) is 3.43. The first-order valence-electron chi connectivity index (χ1n) is 6.66. The molecule has 0 radical (unpaired) electrons. The lowest BCUT2D eigenvalue weighted by Crippen LogP contribution is -2.30. The fraction of sp³-hybridized carbons (Fsp3) is 0.467. The number of anilines is 1. The van der Waals surface area contributed by atoms with Crippen molar-refractivity contribution in [1.82, 2.24) is 0 Å². The van der Waals surface area contributed by atoms with Gasteiger partial charge in [0.15, 0.2) is 6.10 Å². The summed E-state index contributed by atoms with van der Waals surface area (Å²) in [6, 6.07) is 6.96. The van der Waals surface area contributed by atoms with Crippen LogP contribution in [0.1, 0.15) is 20.3 Å². The van der Waals surface area contributed by atoms with E-state index in [1.54, 1.807) is 38.3 Å². The molecule has 1 aliphatic carbocycles. The van der Waals surface area contributed by atoms with E-state index in [1.807, 2.05) is 6.92 Å². The van der Waals surface area contributed by atoms with Crippen molar-refractivity contribution in [1.29, 1.82) is 0 Å². The Balaban J connectivity index is 1.85. The van der Waals surface area contributed by atoms with Gasteiger partial charge in [0.1, 0.15) is 5.75 Å². The van der Waals surface area contributed by atoms with Crippen LogP contribution < -0.4 is 10.1 Å². The lowest BCUT2D eigenvalue weighted by Gasteiger charge is -2.13. The molecule has 5 nitrogen and oxygen atoms in total. The van der Waals surface area contributed by atoms with Crippen molar-refractivity contribution in [2.75, 3.05) is 12.4 Å². The summed E-state index contributed by atoms with van der Waals surface area (Å²) in [5, 5.41) is 2.70. The Bertz CT molecular complexity index is 497. The maximum Gasteiger partial charge on any atom is 0.309 e. The number of hydrogen-bond acceptors (Lipinski definition) is 4. The minimum absolute atomic E-state index is 0.0359. The highest BCUT2D eigenvalue weighted by Gasteiger charge is 2.41. The number of benzene rings is 1. The van der Waals surface area contributed by atoms with Gasteiger partial charge in [-0.1, -0.05) is 6.92 Å². The Morgan fingerprint density at radius 2 is 1.90 bits per heavy atom. The van der Waals surface area contributed by atoms with Crippen LogP contribution in [0, 0.1) is 11.8 Å². The summed E-state index contributed by atoms with van der Waals surface area (Å²) in [5.74, 6) is 0.433. The first kappa shape index (κ1) is 14.4. The van der Waals surface area contributed by atoms with Crippen molar-refractivity contribution in [3.8, 4) is 5.75 Å². The average Bonchev–Trinajstić information content (AvgIpc) is 3.16. The van der Waals surface area contributed by atoms with Crippen LogP contribution >= 0.6 is 0 Å². The van der Waals surface area contributed by atoms with E-state index in [4.69, 9.17) is 9.47 Å². The van der Waals surface area contributed by atoms with Crippen molar-refractivity contribution in [2.24, 2.45) is 11.8 Å². The fourth-order valence-electron chi connectivity index (χ4n) is 1.88. The van der Waals surface area contributed by atoms with Gasteiger partial charge in [-0.05, 0) is 43.5 Å². The lowest BCUT2D eigenvalue weighted by molar-refractivity contribution is -0.154. The zero-order valence-electron chi connectivity index (χ0n) is 11.9. The molecule has 0 heterocycles. The Morgan fingerprint density at radius 1 is 1.30 bits per heavy atom. The van der Waals surface area contributed by atoms with E-state index in [2.05, 4.69) is 5.32 Å². The zero-order valence-corrected chi connectivity index (χ0v) is 11.9. The first-order chi connectivity index (χ1) is 9.51. The molecular weight excluding hydrogens is 258 g/mol. The molecular formula is C15H19NO4. The highest BCUT2D eigenvalue weighted by Crippen LogP contribution is 2.38. The van der Waals surface area contributed by atoms with Crippen molar-refractivity contribution in [3.63, 3.8) is 0 Å². The molecule has 0 bridgehead atoms. The van der Waals surface area contributed by atoms with E-state index in [0.29, 0.717) is 17.4 Å². The van der Waals surface area contributed by atoms with E-state index < -0.39 is 6.10 Å². The summed E-state index contributed by atoms with van der Waals surface area (Å²) in [6.07, 6.45) is 0.0588. The molecule has 1 N–H and O–H groups in total. The van der Waals surface area contributed by atoms with Gasteiger partial charge in [0, 0.05) is 5.69 Å². The van der Waals surface area contributed by atoms with Gasteiger partial charge in [0.05, 0.1) is 13.0 Å². The van der Waals surface area contributed by atoms with Gasteiger partial charge in [-0.15, -0.1) is 0 Å². The molecule has 1 aromatic carbocycles. The number of ether oxygens (including phenoxy) is 2. The molecule has 2 rings (SSSR count). The number of hydrogen-bond donors (Lipinski definition) is 1. The van der Waals surface area contributed by atoms with Crippen molar-refractivity contribution in [3.05, 3.63) is 24.3 Å². The number of methoxy groups -OCH3 is 1. The van der Waals surface area contributed by atoms with E-state index in [1.165, 1.54) is 0 Å². The van der Waals surface area contributed by atoms with Gasteiger partial charge in [-0.25, -0.2) is 0 Å². The van der Waals surface area contributed by atoms with E-state index in [9.17, 15) is 9.59 Å². The monoisotopic (exact) mass is 277 g/mol. The Hall–Kier alpha value is -2.04. The van der Waals surface area contributed by atoms with Crippen LogP contribution in [-0.4, -0.2) is 25.1 Å². The summed E-state index contributed by atoms with van der Waals surface area (Å²) in [7, 11) is 1.58. The van der Waals surface area contributed by atoms with Gasteiger partial charge in [-0.3, -0.25) is 9.59 Å². The van der Waals surface area contributed by atoms with Crippen LogP contribution in [0.2, 0.25) is 0 Å². The van der Waals surface area contributed by atoms with Crippen molar-refractivity contribution < 1.29 is 19.1 Å². The predicted octanol–water partition coefficient (Wildman–Crippen LogP) is 2.22. The quantitative estimate of drug-likeness (QED) is 0.838. The third kappa shape index (κ3) is 3.50. The zero-order chi connectivity index (χ0) is 14.7. The third-order valence-electron chi connectivity index (χ3n) is 3.43. The molecule has 0 saturated heterocycles. The number of nitrogens with one attached hydrogen (secondary N) is 1. The van der Waals surface area contributed by atoms with Crippen LogP contribution in [0.3, 0.4) is 0 Å². The summed E-state index contributed by atoms with van der Waals surface area (Å²) in [4.78, 5) is 23.6. The van der Waals surface area contributed by atoms with E-state index in [-0.39, 0.29) is 17.8 Å². The highest BCUT2D eigenvalue weighted by molar-refractivity contribution is 5.95. The Morgan fingerprint density at radius 3 is 2.40 bits per heavy atom. The first-order valence-corrected chi connectivity index (χ1v) is 6.66. The molecule has 1 aromatic rings. The van der Waals surface area contributed by atoms with Crippen molar-refractivity contribution in [2.45, 2.75) is 26.4 Å². The molecule has 0 unspecified atom stereocenters. The fourth-order valence-corrected chi connectivity index (χ4v) is 1.88. The van der Waals surface area contributed by atoms with Crippen LogP contribution in [0.4, 0.5) is 5.69 Å². The van der Waals surface area contributed by atoms with Gasteiger partial charge >= 0.3 is 5.97 Å². The average molecular weight is 277 g/mol. The molecule has 0 aromatic heterocycles. The molecule has 1 saturated carbocycles. The van der Waals surface area contributed by atoms with Crippen LogP contribution in [0.15, 0.2) is 24.3 Å². The molecule has 5 heteroatoms. The van der Waals surface area contributed by atoms with Gasteiger partial charge in [-0.2, -0.15) is 0 Å². The molecule has 0 aliphatic heterocycles. The SMILES string of the molecule is COc1ccc(NC(=O)[C@H](C)OC(=O)[C@H]2C[C@@H]2C)cc1. The maximum atomic E-state index is 11.9. The summed E-state index contributed by atoms with van der Waals surface area (Å²) < 4.78 is 10.2. The Kier molecular flexibility index (Phi) is 4.27. The van der Waals surface area contributed by atoms with Gasteiger partial charge in [0.2, 0.25) is 0 Å². The normalized spacial score (nSPS) is 21.8. The summed E-state index contributed by atoms with van der Waals surface area (Å²) in [6.45, 7) is 3.57. The minimum atomic E-state index is -0.794. The molecule has 0 spiro atoms. The number of amides is 1. The molecule has 20 heavy (non-hydrogen) atoms. The molecule has 1 amide bonds. The number of carbonyl (C=O) groups excluding carboxylic acids is 2. The van der Waals surface area contributed by atoms with Crippen LogP contribution in [0.25, 0.3) is 0 Å². The van der Waals surface area contributed by atoms with Crippen LogP contribution in [0.5, 0.6) is 5.75 Å².